The highest BCUT2D eigenvalue weighted by molar-refractivity contribution is 6.34. The highest BCUT2D eigenvalue weighted by atomic mass is 35.5. The fourth-order valence-electron chi connectivity index (χ4n) is 3.87. The van der Waals surface area contributed by atoms with Crippen LogP contribution in [0.5, 0.6) is 0 Å². The van der Waals surface area contributed by atoms with Gasteiger partial charge in [-0.3, -0.25) is 9.78 Å². The SMILES string of the molecule is O=C(O)C(F)(F)F.O=C(c1ccccc1Cl)C1CCN(c2nc3cnccc3nc2NC2CC2)CC1. The first-order valence-corrected chi connectivity index (χ1v) is 11.7. The van der Waals surface area contributed by atoms with Crippen molar-refractivity contribution in [2.75, 3.05) is 23.3 Å². The van der Waals surface area contributed by atoms with Gasteiger partial charge in [-0.05, 0) is 43.9 Å². The average Bonchev–Trinajstić information content (AvgIpc) is 3.67. The number of aliphatic carboxylic acids is 1. The highest BCUT2D eigenvalue weighted by Crippen LogP contribution is 2.33. The molecule has 0 spiro atoms. The number of fused-ring (bicyclic) bond motifs is 1. The fraction of sp³-hybridized carbons (Fsp3) is 0.375. The summed E-state index contributed by atoms with van der Waals surface area (Å²) in [5.74, 6) is -0.933. The van der Waals surface area contributed by atoms with Crippen LogP contribution >= 0.6 is 11.6 Å². The first-order valence-electron chi connectivity index (χ1n) is 11.4. The number of nitrogens with one attached hydrogen (secondary N) is 1. The standard InChI is InChI=1S/C22H22ClN5O.C2HF3O2/c23-17-4-2-1-3-16(17)20(29)14-8-11-28(12-9-14)22-21(25-15-5-6-15)26-18-7-10-24-13-19(18)27-22;3-2(4,5)1(6)7/h1-4,7,10,13-15H,5-6,8-9,11-12H2,(H,25,26);(H,6,7). The molecule has 0 atom stereocenters. The summed E-state index contributed by atoms with van der Waals surface area (Å²) in [6.07, 6.45) is 2.30. The van der Waals surface area contributed by atoms with E-state index in [1.807, 2.05) is 24.3 Å². The molecule has 2 aliphatic rings. The van der Waals surface area contributed by atoms with Gasteiger partial charge in [0.05, 0.1) is 16.7 Å². The van der Waals surface area contributed by atoms with E-state index in [4.69, 9.17) is 31.5 Å². The Balaban J connectivity index is 0.000000384. The average molecular weight is 522 g/mol. The Morgan fingerprint density at radius 2 is 1.69 bits per heavy atom. The molecule has 0 bridgehead atoms. The number of carboxylic acid groups (broad SMARTS) is 1. The molecule has 3 heterocycles. The van der Waals surface area contributed by atoms with Crippen molar-refractivity contribution in [1.29, 1.82) is 0 Å². The zero-order chi connectivity index (χ0) is 25.9. The predicted molar refractivity (Wildman–Crippen MR) is 128 cm³/mol. The van der Waals surface area contributed by atoms with E-state index in [1.165, 1.54) is 12.8 Å². The zero-order valence-corrected chi connectivity index (χ0v) is 19.8. The topological polar surface area (TPSA) is 108 Å². The number of benzene rings is 1. The van der Waals surface area contributed by atoms with Crippen LogP contribution in [0.2, 0.25) is 5.02 Å². The molecule has 0 unspecified atom stereocenters. The number of pyridine rings is 1. The van der Waals surface area contributed by atoms with Crippen molar-refractivity contribution < 1.29 is 27.9 Å². The summed E-state index contributed by atoms with van der Waals surface area (Å²) in [7, 11) is 0. The number of hydrogen-bond acceptors (Lipinski definition) is 7. The molecule has 1 aliphatic carbocycles. The molecule has 3 aromatic rings. The zero-order valence-electron chi connectivity index (χ0n) is 19.0. The van der Waals surface area contributed by atoms with Gasteiger partial charge < -0.3 is 15.3 Å². The van der Waals surface area contributed by atoms with Crippen LogP contribution < -0.4 is 10.2 Å². The molecule has 1 aliphatic heterocycles. The molecule has 2 fully saturated rings. The van der Waals surface area contributed by atoms with Crippen LogP contribution in [-0.4, -0.2) is 57.1 Å². The second kappa shape index (κ2) is 10.7. The van der Waals surface area contributed by atoms with Crippen molar-refractivity contribution >= 4 is 46.0 Å². The third-order valence-corrected chi connectivity index (χ3v) is 6.24. The quantitative estimate of drug-likeness (QED) is 0.452. The van der Waals surface area contributed by atoms with Crippen LogP contribution in [0, 0.1) is 5.92 Å². The van der Waals surface area contributed by atoms with Crippen LogP contribution in [-0.2, 0) is 4.79 Å². The number of ketones is 1. The minimum atomic E-state index is -5.08. The molecule has 1 saturated heterocycles. The third-order valence-electron chi connectivity index (χ3n) is 5.91. The lowest BCUT2D eigenvalue weighted by atomic mass is 9.89. The Morgan fingerprint density at radius 3 is 2.31 bits per heavy atom. The number of carboxylic acids is 1. The number of carbonyl (C=O) groups is 2. The van der Waals surface area contributed by atoms with Crippen molar-refractivity contribution in [2.45, 2.75) is 37.9 Å². The minimum absolute atomic E-state index is 0.0129. The van der Waals surface area contributed by atoms with Crippen molar-refractivity contribution in [1.82, 2.24) is 15.0 Å². The molecular weight excluding hydrogens is 499 g/mol. The van der Waals surface area contributed by atoms with Gasteiger partial charge in [-0.15, -0.1) is 0 Å². The number of piperidine rings is 1. The van der Waals surface area contributed by atoms with Gasteiger partial charge in [0.1, 0.15) is 5.52 Å². The first-order chi connectivity index (χ1) is 17.1. The van der Waals surface area contributed by atoms with Crippen molar-refractivity contribution in [2.24, 2.45) is 5.92 Å². The van der Waals surface area contributed by atoms with E-state index in [0.29, 0.717) is 16.6 Å². The van der Waals surface area contributed by atoms with Crippen molar-refractivity contribution in [3.8, 4) is 0 Å². The van der Waals surface area contributed by atoms with E-state index in [1.54, 1.807) is 18.5 Å². The number of nitrogens with zero attached hydrogens (tertiary/aromatic N) is 4. The van der Waals surface area contributed by atoms with E-state index in [2.05, 4.69) is 15.2 Å². The predicted octanol–water partition coefficient (Wildman–Crippen LogP) is 4.99. The van der Waals surface area contributed by atoms with Crippen LogP contribution in [0.15, 0.2) is 42.7 Å². The molecule has 5 rings (SSSR count). The van der Waals surface area contributed by atoms with Crippen molar-refractivity contribution in [3.05, 3.63) is 53.3 Å². The van der Waals surface area contributed by atoms with Crippen LogP contribution in [0.1, 0.15) is 36.0 Å². The van der Waals surface area contributed by atoms with Gasteiger partial charge in [-0.2, -0.15) is 13.2 Å². The van der Waals surface area contributed by atoms with Crippen LogP contribution in [0.25, 0.3) is 11.0 Å². The number of carbonyl (C=O) groups excluding carboxylic acids is 1. The molecular formula is C24H23ClF3N5O3. The van der Waals surface area contributed by atoms with Crippen LogP contribution in [0.4, 0.5) is 24.8 Å². The smallest absolute Gasteiger partial charge is 0.475 e. The first kappa shape index (κ1) is 25.6. The van der Waals surface area contributed by atoms with Gasteiger partial charge in [0.25, 0.3) is 0 Å². The molecule has 12 heteroatoms. The third kappa shape index (κ3) is 6.20. The monoisotopic (exact) mass is 521 g/mol. The molecule has 0 amide bonds. The Kier molecular flexibility index (Phi) is 7.58. The highest BCUT2D eigenvalue weighted by Gasteiger charge is 2.38. The fourth-order valence-corrected chi connectivity index (χ4v) is 4.10. The van der Waals surface area contributed by atoms with E-state index in [0.717, 1.165) is 48.6 Å². The molecule has 36 heavy (non-hydrogen) atoms. The van der Waals surface area contributed by atoms with Crippen molar-refractivity contribution in [3.63, 3.8) is 0 Å². The summed E-state index contributed by atoms with van der Waals surface area (Å²) in [5, 5.41) is 11.2. The van der Waals surface area contributed by atoms with Gasteiger partial charge >= 0.3 is 12.1 Å². The Morgan fingerprint density at radius 1 is 1.03 bits per heavy atom. The maximum atomic E-state index is 12.9. The van der Waals surface area contributed by atoms with Gasteiger partial charge in [-0.25, -0.2) is 14.8 Å². The lowest BCUT2D eigenvalue weighted by Gasteiger charge is -2.33. The van der Waals surface area contributed by atoms with Gasteiger partial charge in [0.2, 0.25) is 0 Å². The van der Waals surface area contributed by atoms with E-state index in [9.17, 15) is 18.0 Å². The number of Topliss-reactive ketones (excluding diaryl/α,β-unsaturated/α-hetero) is 1. The summed E-state index contributed by atoms with van der Waals surface area (Å²) in [6.45, 7) is 1.53. The largest absolute Gasteiger partial charge is 0.490 e. The number of rotatable bonds is 5. The summed E-state index contributed by atoms with van der Waals surface area (Å²) in [4.78, 5) is 37.9. The van der Waals surface area contributed by atoms with E-state index < -0.39 is 12.1 Å². The summed E-state index contributed by atoms with van der Waals surface area (Å²) in [6, 6.07) is 9.68. The molecule has 1 aromatic carbocycles. The number of anilines is 2. The van der Waals surface area contributed by atoms with Gasteiger partial charge in [-0.1, -0.05) is 23.7 Å². The summed E-state index contributed by atoms with van der Waals surface area (Å²) < 4.78 is 31.7. The molecule has 1 saturated carbocycles. The minimum Gasteiger partial charge on any atom is -0.475 e. The summed E-state index contributed by atoms with van der Waals surface area (Å²) >= 11 is 6.23. The number of alkyl halides is 3. The lowest BCUT2D eigenvalue weighted by Crippen LogP contribution is -2.37. The Hall–Kier alpha value is -3.47. The van der Waals surface area contributed by atoms with Crippen LogP contribution in [0.3, 0.4) is 0 Å². The van der Waals surface area contributed by atoms with E-state index >= 15 is 0 Å². The molecule has 0 radical (unpaired) electrons. The maximum absolute atomic E-state index is 12.9. The second-order valence-corrected chi connectivity index (χ2v) is 8.99. The molecule has 190 valence electrons. The maximum Gasteiger partial charge on any atom is 0.490 e. The summed E-state index contributed by atoms with van der Waals surface area (Å²) in [5.41, 5.74) is 2.26. The van der Waals surface area contributed by atoms with E-state index in [-0.39, 0.29) is 11.7 Å². The Labute approximate surface area is 209 Å². The molecule has 8 nitrogen and oxygen atoms in total. The second-order valence-electron chi connectivity index (χ2n) is 8.59. The number of halogens is 4. The molecule has 2 N–H and O–H groups in total. The Bertz CT molecular complexity index is 1260. The van der Waals surface area contributed by atoms with Gasteiger partial charge in [0.15, 0.2) is 17.4 Å². The number of hydrogen-bond donors (Lipinski definition) is 2. The lowest BCUT2D eigenvalue weighted by molar-refractivity contribution is -0.192. The molecule has 2 aromatic heterocycles. The normalized spacial score (nSPS) is 16.3. The number of aromatic nitrogens is 3. The van der Waals surface area contributed by atoms with Gasteiger partial charge in [0, 0.05) is 36.8 Å².